The summed E-state index contributed by atoms with van der Waals surface area (Å²) in [5.74, 6) is 3.77. The summed E-state index contributed by atoms with van der Waals surface area (Å²) in [5, 5.41) is 3.93. The number of hydrogen-bond acceptors (Lipinski definition) is 1. The maximum atomic E-state index is 3.93. The van der Waals surface area contributed by atoms with Crippen LogP contribution >= 0.6 is 0 Å². The van der Waals surface area contributed by atoms with E-state index < -0.39 is 0 Å². The molecule has 0 aromatic carbocycles. The van der Waals surface area contributed by atoms with E-state index in [1.807, 2.05) is 0 Å². The second-order valence-corrected chi connectivity index (χ2v) is 9.42. The third kappa shape index (κ3) is 3.65. The average molecular weight is 320 g/mol. The van der Waals surface area contributed by atoms with Crippen LogP contribution in [0.3, 0.4) is 0 Å². The molecule has 0 radical (unpaired) electrons. The molecule has 23 heavy (non-hydrogen) atoms. The molecule has 1 aliphatic heterocycles. The highest BCUT2D eigenvalue weighted by molar-refractivity contribution is 5.08. The van der Waals surface area contributed by atoms with Gasteiger partial charge in [0.2, 0.25) is 0 Å². The molecule has 3 aliphatic rings. The van der Waals surface area contributed by atoms with Crippen molar-refractivity contribution in [2.75, 3.05) is 6.54 Å². The molecule has 2 aliphatic carbocycles. The molecule has 1 heteroatoms. The molecule has 1 spiro atoms. The standard InChI is InChI=1S/C22H41N/c1-17-15-20-13-11-9-7-5-4-6-8-10-12-14-22(20)16-23-19(3)21(22)18(17)2/h17-21,23H,4-16H2,1-3H3/t17?,18?,19-,20-,21-,22-/m0/s1. The van der Waals surface area contributed by atoms with Crippen LogP contribution in [0.2, 0.25) is 0 Å². The number of rotatable bonds is 0. The summed E-state index contributed by atoms with van der Waals surface area (Å²) < 4.78 is 0. The predicted octanol–water partition coefficient (Wildman–Crippen LogP) is 6.18. The van der Waals surface area contributed by atoms with Crippen LogP contribution in [0.25, 0.3) is 0 Å². The fourth-order valence-corrected chi connectivity index (χ4v) is 6.69. The largest absolute Gasteiger partial charge is 0.313 e. The van der Waals surface area contributed by atoms with Crippen LogP contribution in [-0.4, -0.2) is 12.6 Å². The average Bonchev–Trinajstić information content (AvgIpc) is 2.88. The van der Waals surface area contributed by atoms with E-state index in [4.69, 9.17) is 0 Å². The first-order valence-electron chi connectivity index (χ1n) is 10.9. The summed E-state index contributed by atoms with van der Waals surface area (Å²) in [6.07, 6.45) is 17.9. The highest BCUT2D eigenvalue weighted by Crippen LogP contribution is 2.58. The SMILES string of the molecule is CC1C[C@@H]2CCCCCCCCCCC[C@]23CN[C@@H](C)[C@@H]3C1C. The van der Waals surface area contributed by atoms with E-state index in [2.05, 4.69) is 26.1 Å². The fraction of sp³-hybridized carbons (Fsp3) is 1.00. The van der Waals surface area contributed by atoms with Crippen molar-refractivity contribution in [1.82, 2.24) is 5.32 Å². The van der Waals surface area contributed by atoms with Crippen LogP contribution in [0.1, 0.15) is 97.8 Å². The molecule has 1 heterocycles. The van der Waals surface area contributed by atoms with E-state index in [1.54, 1.807) is 0 Å². The molecule has 0 amide bonds. The van der Waals surface area contributed by atoms with E-state index in [-0.39, 0.29) is 0 Å². The molecule has 1 nitrogen and oxygen atoms in total. The van der Waals surface area contributed by atoms with Crippen molar-refractivity contribution >= 4 is 0 Å². The molecule has 3 fully saturated rings. The zero-order valence-corrected chi connectivity index (χ0v) is 16.1. The van der Waals surface area contributed by atoms with Crippen LogP contribution in [0.4, 0.5) is 0 Å². The topological polar surface area (TPSA) is 12.0 Å². The van der Waals surface area contributed by atoms with Gasteiger partial charge in [0.25, 0.3) is 0 Å². The van der Waals surface area contributed by atoms with Gasteiger partial charge in [-0.2, -0.15) is 0 Å². The Morgan fingerprint density at radius 3 is 2.09 bits per heavy atom. The molecule has 2 unspecified atom stereocenters. The smallest absolute Gasteiger partial charge is 0.00757 e. The van der Waals surface area contributed by atoms with Crippen molar-refractivity contribution in [1.29, 1.82) is 0 Å². The highest BCUT2D eigenvalue weighted by atomic mass is 15.0. The van der Waals surface area contributed by atoms with Gasteiger partial charge in [0.1, 0.15) is 0 Å². The van der Waals surface area contributed by atoms with Crippen LogP contribution < -0.4 is 5.32 Å². The van der Waals surface area contributed by atoms with E-state index in [0.717, 1.165) is 29.7 Å². The third-order valence-corrected chi connectivity index (χ3v) is 8.08. The Morgan fingerprint density at radius 1 is 0.783 bits per heavy atom. The van der Waals surface area contributed by atoms with Crippen molar-refractivity contribution in [2.45, 2.75) is 104 Å². The molecule has 1 N–H and O–H groups in total. The van der Waals surface area contributed by atoms with Crippen molar-refractivity contribution in [2.24, 2.45) is 29.1 Å². The molecule has 6 atom stereocenters. The van der Waals surface area contributed by atoms with Crippen LogP contribution in [0.5, 0.6) is 0 Å². The minimum absolute atomic E-state index is 0.638. The Hall–Kier alpha value is -0.0400. The Balaban J connectivity index is 1.79. The zero-order chi connectivity index (χ0) is 16.3. The summed E-state index contributed by atoms with van der Waals surface area (Å²) >= 11 is 0. The first kappa shape index (κ1) is 17.8. The minimum Gasteiger partial charge on any atom is -0.313 e. The summed E-state index contributed by atoms with van der Waals surface area (Å²) in [6.45, 7) is 8.91. The van der Waals surface area contributed by atoms with Crippen molar-refractivity contribution < 1.29 is 0 Å². The molecule has 3 rings (SSSR count). The minimum atomic E-state index is 0.638. The zero-order valence-electron chi connectivity index (χ0n) is 16.1. The monoisotopic (exact) mass is 319 g/mol. The van der Waals surface area contributed by atoms with Gasteiger partial charge < -0.3 is 5.32 Å². The third-order valence-electron chi connectivity index (χ3n) is 8.08. The van der Waals surface area contributed by atoms with Gasteiger partial charge in [0, 0.05) is 12.6 Å². The van der Waals surface area contributed by atoms with Crippen molar-refractivity contribution in [3.63, 3.8) is 0 Å². The van der Waals surface area contributed by atoms with Gasteiger partial charge in [-0.3, -0.25) is 0 Å². The molecule has 134 valence electrons. The Morgan fingerprint density at radius 2 is 1.39 bits per heavy atom. The summed E-state index contributed by atoms with van der Waals surface area (Å²) in [5.41, 5.74) is 0.638. The lowest BCUT2D eigenvalue weighted by atomic mass is 9.52. The maximum absolute atomic E-state index is 3.93. The molecule has 0 aromatic heterocycles. The van der Waals surface area contributed by atoms with Crippen LogP contribution in [0.15, 0.2) is 0 Å². The van der Waals surface area contributed by atoms with E-state index in [0.29, 0.717) is 5.41 Å². The van der Waals surface area contributed by atoms with Gasteiger partial charge >= 0.3 is 0 Å². The molecule has 2 saturated carbocycles. The second-order valence-electron chi connectivity index (χ2n) is 9.42. The first-order valence-corrected chi connectivity index (χ1v) is 10.9. The van der Waals surface area contributed by atoms with Gasteiger partial charge in [-0.15, -0.1) is 0 Å². The highest BCUT2D eigenvalue weighted by Gasteiger charge is 2.56. The van der Waals surface area contributed by atoms with Gasteiger partial charge in [-0.25, -0.2) is 0 Å². The van der Waals surface area contributed by atoms with E-state index >= 15 is 0 Å². The van der Waals surface area contributed by atoms with E-state index in [9.17, 15) is 0 Å². The molecule has 0 aromatic rings. The van der Waals surface area contributed by atoms with Gasteiger partial charge in [0.15, 0.2) is 0 Å². The van der Waals surface area contributed by atoms with Gasteiger partial charge in [-0.1, -0.05) is 71.6 Å². The summed E-state index contributed by atoms with van der Waals surface area (Å²) in [6, 6.07) is 0.742. The van der Waals surface area contributed by atoms with Gasteiger partial charge in [0.05, 0.1) is 0 Å². The summed E-state index contributed by atoms with van der Waals surface area (Å²) in [4.78, 5) is 0. The molecule has 0 bridgehead atoms. The maximum Gasteiger partial charge on any atom is 0.00757 e. The quantitative estimate of drug-likeness (QED) is 0.562. The van der Waals surface area contributed by atoms with Crippen molar-refractivity contribution in [3.05, 3.63) is 0 Å². The lowest BCUT2D eigenvalue weighted by Gasteiger charge is -2.52. The van der Waals surface area contributed by atoms with Crippen LogP contribution in [0, 0.1) is 29.1 Å². The molecule has 1 saturated heterocycles. The Bertz CT molecular complexity index is 365. The second kappa shape index (κ2) is 7.89. The number of nitrogens with one attached hydrogen (secondary N) is 1. The lowest BCUT2D eigenvalue weighted by Crippen LogP contribution is -2.48. The first-order chi connectivity index (χ1) is 11.1. The predicted molar refractivity (Wildman–Crippen MR) is 101 cm³/mol. The Labute approximate surface area is 145 Å². The summed E-state index contributed by atoms with van der Waals surface area (Å²) in [7, 11) is 0. The van der Waals surface area contributed by atoms with Crippen LogP contribution in [-0.2, 0) is 0 Å². The van der Waals surface area contributed by atoms with E-state index in [1.165, 1.54) is 83.6 Å². The molecular weight excluding hydrogens is 278 g/mol. The van der Waals surface area contributed by atoms with Crippen molar-refractivity contribution in [3.8, 4) is 0 Å². The van der Waals surface area contributed by atoms with Gasteiger partial charge in [-0.05, 0) is 55.3 Å². The fourth-order valence-electron chi connectivity index (χ4n) is 6.69. The lowest BCUT2D eigenvalue weighted by molar-refractivity contribution is -0.0273. The Kier molecular flexibility index (Phi) is 6.10. The number of hydrogen-bond donors (Lipinski definition) is 1. The normalized spacial score (nSPS) is 46.8. The molecular formula is C22H41N.